The molecule has 0 radical (unpaired) electrons. The fraction of sp³-hybridized carbons (Fsp3) is 0.550. The average molecular weight is 416 g/mol. The Kier molecular flexibility index (Phi) is 4.31. The molecule has 1 saturated carbocycles. The normalized spacial score (nSPS) is 19.7. The first kappa shape index (κ1) is 18.5. The number of nitrogens with zero attached hydrogens (tertiary/aromatic N) is 4. The van der Waals surface area contributed by atoms with Crippen LogP contribution in [0.25, 0.3) is 10.2 Å². The van der Waals surface area contributed by atoms with Crippen molar-refractivity contribution < 1.29 is 9.90 Å². The van der Waals surface area contributed by atoms with Crippen LogP contribution in [0.15, 0.2) is 10.9 Å². The standard InChI is InChI=1S/C20H25N5O3S/c1-11-14-9-16(29-19(14)25(22-11)13-6-4-3-5-7-13)17(26)21-12-8-15-18(27)23(2)20(28)24(15)10-12/h9,12-13,27H,3-8,10H2,1-2H3,(H,21,26). The highest BCUT2D eigenvalue weighted by Crippen LogP contribution is 2.35. The number of aryl methyl sites for hydroxylation is 1. The fourth-order valence-corrected chi connectivity index (χ4v) is 5.86. The molecule has 1 aliphatic carbocycles. The van der Waals surface area contributed by atoms with Crippen LogP contribution in [0, 0.1) is 6.92 Å². The summed E-state index contributed by atoms with van der Waals surface area (Å²) in [6.45, 7) is 2.38. The Morgan fingerprint density at radius 1 is 1.31 bits per heavy atom. The molecule has 0 spiro atoms. The zero-order valence-corrected chi connectivity index (χ0v) is 17.5. The third-order valence-electron chi connectivity index (χ3n) is 6.31. The van der Waals surface area contributed by atoms with E-state index in [2.05, 4.69) is 10.00 Å². The molecule has 1 aliphatic heterocycles. The number of rotatable bonds is 3. The molecule has 5 rings (SSSR count). The molecule has 1 amide bonds. The number of carbonyl (C=O) groups excluding carboxylic acids is 1. The van der Waals surface area contributed by atoms with Crippen molar-refractivity contribution in [2.75, 3.05) is 0 Å². The van der Waals surface area contributed by atoms with Gasteiger partial charge in [-0.15, -0.1) is 11.3 Å². The van der Waals surface area contributed by atoms with Crippen LogP contribution in [0.5, 0.6) is 5.88 Å². The van der Waals surface area contributed by atoms with Crippen molar-refractivity contribution in [1.29, 1.82) is 0 Å². The van der Waals surface area contributed by atoms with Gasteiger partial charge in [0, 0.05) is 25.4 Å². The molecule has 1 atom stereocenters. The summed E-state index contributed by atoms with van der Waals surface area (Å²) in [6, 6.07) is 2.16. The largest absolute Gasteiger partial charge is 0.493 e. The van der Waals surface area contributed by atoms with E-state index in [9.17, 15) is 14.7 Å². The van der Waals surface area contributed by atoms with Crippen molar-refractivity contribution in [2.24, 2.45) is 7.05 Å². The number of amides is 1. The summed E-state index contributed by atoms with van der Waals surface area (Å²) in [7, 11) is 1.55. The summed E-state index contributed by atoms with van der Waals surface area (Å²) in [5, 5.41) is 18.9. The summed E-state index contributed by atoms with van der Waals surface area (Å²) in [5.41, 5.74) is 1.30. The fourth-order valence-electron chi connectivity index (χ4n) is 4.72. The molecule has 9 heteroatoms. The molecule has 1 unspecified atom stereocenters. The summed E-state index contributed by atoms with van der Waals surface area (Å²) in [6.07, 6.45) is 6.51. The lowest BCUT2D eigenvalue weighted by Crippen LogP contribution is -2.37. The number of hydrogen-bond donors (Lipinski definition) is 2. The van der Waals surface area contributed by atoms with Gasteiger partial charge in [0.2, 0.25) is 5.88 Å². The second kappa shape index (κ2) is 6.76. The van der Waals surface area contributed by atoms with Gasteiger partial charge in [-0.25, -0.2) is 4.79 Å². The first-order valence-electron chi connectivity index (χ1n) is 10.2. The van der Waals surface area contributed by atoms with E-state index < -0.39 is 0 Å². The van der Waals surface area contributed by atoms with E-state index in [4.69, 9.17) is 5.10 Å². The van der Waals surface area contributed by atoms with Crippen molar-refractivity contribution >= 4 is 27.5 Å². The van der Waals surface area contributed by atoms with Crippen LogP contribution in [-0.4, -0.2) is 36.0 Å². The van der Waals surface area contributed by atoms with E-state index in [-0.39, 0.29) is 23.5 Å². The molecule has 0 bridgehead atoms. The highest BCUT2D eigenvalue weighted by Gasteiger charge is 2.30. The maximum absolute atomic E-state index is 12.9. The van der Waals surface area contributed by atoms with Crippen LogP contribution < -0.4 is 11.0 Å². The van der Waals surface area contributed by atoms with Gasteiger partial charge in [0.05, 0.1) is 28.3 Å². The number of thiophene rings is 1. The van der Waals surface area contributed by atoms with Crippen molar-refractivity contribution in [3.63, 3.8) is 0 Å². The Bertz CT molecular complexity index is 1160. The monoisotopic (exact) mass is 415 g/mol. The highest BCUT2D eigenvalue weighted by molar-refractivity contribution is 7.20. The molecular formula is C20H25N5O3S. The molecule has 1 fully saturated rings. The van der Waals surface area contributed by atoms with Gasteiger partial charge in [0.1, 0.15) is 4.83 Å². The van der Waals surface area contributed by atoms with Crippen LogP contribution in [0.3, 0.4) is 0 Å². The third-order valence-corrected chi connectivity index (χ3v) is 7.43. The van der Waals surface area contributed by atoms with Crippen LogP contribution in [-0.2, 0) is 20.0 Å². The minimum Gasteiger partial charge on any atom is -0.493 e. The smallest absolute Gasteiger partial charge is 0.331 e. The molecule has 3 aromatic heterocycles. The van der Waals surface area contributed by atoms with E-state index in [1.54, 1.807) is 7.05 Å². The van der Waals surface area contributed by atoms with E-state index in [1.807, 2.05) is 13.0 Å². The molecule has 2 N–H and O–H groups in total. The lowest BCUT2D eigenvalue weighted by molar-refractivity contribution is 0.0940. The summed E-state index contributed by atoms with van der Waals surface area (Å²) in [4.78, 5) is 26.8. The van der Waals surface area contributed by atoms with Crippen molar-refractivity contribution in [3.8, 4) is 5.88 Å². The molecule has 3 aromatic rings. The molecule has 2 aliphatic rings. The van der Waals surface area contributed by atoms with Crippen LogP contribution in [0.4, 0.5) is 0 Å². The second-order valence-electron chi connectivity index (χ2n) is 8.25. The Morgan fingerprint density at radius 2 is 2.07 bits per heavy atom. The SMILES string of the molecule is Cc1nn(C2CCCCC2)c2sc(C(=O)NC3Cc4c(O)n(C)c(=O)n4C3)cc12. The van der Waals surface area contributed by atoms with E-state index in [0.717, 1.165) is 28.8 Å². The Morgan fingerprint density at radius 3 is 2.79 bits per heavy atom. The number of carbonyl (C=O) groups is 1. The number of imidazole rings is 1. The summed E-state index contributed by atoms with van der Waals surface area (Å²) in [5.74, 6) is -0.148. The Hall–Kier alpha value is -2.55. The van der Waals surface area contributed by atoms with Crippen molar-refractivity contribution in [1.82, 2.24) is 24.2 Å². The van der Waals surface area contributed by atoms with Gasteiger partial charge >= 0.3 is 5.69 Å². The van der Waals surface area contributed by atoms with Gasteiger partial charge in [0.15, 0.2) is 0 Å². The molecule has 0 aromatic carbocycles. The summed E-state index contributed by atoms with van der Waals surface area (Å²) < 4.78 is 4.91. The number of aromatic hydroxyl groups is 1. The second-order valence-corrected chi connectivity index (χ2v) is 9.28. The molecule has 0 saturated heterocycles. The predicted molar refractivity (Wildman–Crippen MR) is 111 cm³/mol. The van der Waals surface area contributed by atoms with Crippen LogP contribution >= 0.6 is 11.3 Å². The van der Waals surface area contributed by atoms with Gasteiger partial charge in [-0.2, -0.15) is 5.10 Å². The number of fused-ring (bicyclic) bond motifs is 2. The first-order valence-corrected chi connectivity index (χ1v) is 11.0. The molecule has 29 heavy (non-hydrogen) atoms. The zero-order valence-electron chi connectivity index (χ0n) is 16.6. The molecular weight excluding hydrogens is 390 g/mol. The van der Waals surface area contributed by atoms with Crippen LogP contribution in [0.1, 0.15) is 59.2 Å². The van der Waals surface area contributed by atoms with E-state index in [1.165, 1.54) is 39.7 Å². The topological polar surface area (TPSA) is 94.1 Å². The lowest BCUT2D eigenvalue weighted by atomic mass is 9.96. The number of nitrogens with one attached hydrogen (secondary N) is 1. The predicted octanol–water partition coefficient (Wildman–Crippen LogP) is 2.47. The molecule has 154 valence electrons. The van der Waals surface area contributed by atoms with Gasteiger partial charge < -0.3 is 10.4 Å². The minimum absolute atomic E-state index is 0.0168. The van der Waals surface area contributed by atoms with E-state index >= 15 is 0 Å². The average Bonchev–Trinajstić information content (AvgIpc) is 3.45. The molecule has 4 heterocycles. The number of hydrogen-bond acceptors (Lipinski definition) is 5. The highest BCUT2D eigenvalue weighted by atomic mass is 32.1. The van der Waals surface area contributed by atoms with Gasteiger partial charge in [-0.05, 0) is 25.8 Å². The first-order chi connectivity index (χ1) is 13.9. The van der Waals surface area contributed by atoms with Gasteiger partial charge in [-0.3, -0.25) is 18.6 Å². The Balaban J connectivity index is 1.36. The maximum atomic E-state index is 12.9. The zero-order chi connectivity index (χ0) is 20.3. The minimum atomic E-state index is -0.251. The van der Waals surface area contributed by atoms with Gasteiger partial charge in [-0.1, -0.05) is 19.3 Å². The quantitative estimate of drug-likeness (QED) is 0.687. The Labute approximate surface area is 171 Å². The lowest BCUT2D eigenvalue weighted by Gasteiger charge is -2.22. The van der Waals surface area contributed by atoms with Gasteiger partial charge in [0.25, 0.3) is 5.91 Å². The van der Waals surface area contributed by atoms with E-state index in [0.29, 0.717) is 29.6 Å². The molecule has 8 nitrogen and oxygen atoms in total. The summed E-state index contributed by atoms with van der Waals surface area (Å²) >= 11 is 1.49. The van der Waals surface area contributed by atoms with Crippen LogP contribution in [0.2, 0.25) is 0 Å². The third kappa shape index (κ3) is 2.90. The van der Waals surface area contributed by atoms with Crippen molar-refractivity contribution in [2.45, 2.75) is 64.1 Å². The number of aromatic nitrogens is 4. The van der Waals surface area contributed by atoms with Crippen molar-refractivity contribution in [3.05, 3.63) is 32.8 Å². The maximum Gasteiger partial charge on any atom is 0.331 e.